The fraction of sp³-hybridized carbons (Fsp3) is 0.0667. The second-order valence-corrected chi connectivity index (χ2v) is 4.71. The Hall–Kier alpha value is -2.17. The molecule has 0 aliphatic carbocycles. The highest BCUT2D eigenvalue weighted by Crippen LogP contribution is 2.30. The van der Waals surface area contributed by atoms with E-state index in [4.69, 9.17) is 22.1 Å². The molecule has 0 bridgehead atoms. The molecule has 0 fully saturated rings. The highest BCUT2D eigenvalue weighted by Gasteiger charge is 2.07. The van der Waals surface area contributed by atoms with Crippen LogP contribution in [0, 0.1) is 0 Å². The van der Waals surface area contributed by atoms with E-state index in [-0.39, 0.29) is 0 Å². The zero-order chi connectivity index (χ0) is 13.9. The standard InChI is InChI=1S/C15H12ClN3O/c16-10-5-12(9-18-8-10)20-15-6-11(7-17)19-14-4-2-1-3-13(14)15/h1-6,8-9H,7,17H2. The summed E-state index contributed by atoms with van der Waals surface area (Å²) in [6.45, 7) is 0.356. The summed E-state index contributed by atoms with van der Waals surface area (Å²) in [5.74, 6) is 1.27. The first-order valence-corrected chi connectivity index (χ1v) is 6.51. The molecule has 0 atom stereocenters. The molecular formula is C15H12ClN3O. The highest BCUT2D eigenvalue weighted by atomic mass is 35.5. The van der Waals surface area contributed by atoms with Crippen molar-refractivity contribution in [3.8, 4) is 11.5 Å². The van der Waals surface area contributed by atoms with Crippen molar-refractivity contribution >= 4 is 22.5 Å². The average Bonchev–Trinajstić information content (AvgIpc) is 2.47. The Balaban J connectivity index is 2.10. The summed E-state index contributed by atoms with van der Waals surface area (Å²) >= 11 is 5.91. The van der Waals surface area contributed by atoms with Gasteiger partial charge in [-0.3, -0.25) is 9.97 Å². The van der Waals surface area contributed by atoms with Gasteiger partial charge in [0, 0.05) is 30.3 Å². The van der Waals surface area contributed by atoms with E-state index in [9.17, 15) is 0 Å². The first kappa shape index (κ1) is 12.8. The molecule has 0 saturated carbocycles. The van der Waals surface area contributed by atoms with Gasteiger partial charge in [0.2, 0.25) is 0 Å². The Bertz CT molecular complexity index is 761. The average molecular weight is 286 g/mol. The molecule has 0 unspecified atom stereocenters. The van der Waals surface area contributed by atoms with E-state index in [2.05, 4.69) is 9.97 Å². The third kappa shape index (κ3) is 2.57. The van der Waals surface area contributed by atoms with Crippen LogP contribution in [0.1, 0.15) is 5.69 Å². The number of pyridine rings is 2. The van der Waals surface area contributed by atoms with E-state index in [1.165, 1.54) is 0 Å². The predicted molar refractivity (Wildman–Crippen MR) is 79.0 cm³/mol. The van der Waals surface area contributed by atoms with Crippen LogP contribution >= 0.6 is 11.6 Å². The number of ether oxygens (including phenoxy) is 1. The number of nitrogens with zero attached hydrogens (tertiary/aromatic N) is 2. The molecule has 0 amide bonds. The predicted octanol–water partition coefficient (Wildman–Crippen LogP) is 3.53. The molecule has 3 rings (SSSR count). The zero-order valence-electron chi connectivity index (χ0n) is 10.6. The van der Waals surface area contributed by atoms with Crippen LogP contribution < -0.4 is 10.5 Å². The number of hydrogen-bond acceptors (Lipinski definition) is 4. The topological polar surface area (TPSA) is 61.0 Å². The van der Waals surface area contributed by atoms with E-state index < -0.39 is 0 Å². The number of nitrogens with two attached hydrogens (primary N) is 1. The van der Waals surface area contributed by atoms with Crippen molar-refractivity contribution in [3.05, 3.63) is 59.5 Å². The van der Waals surface area contributed by atoms with Gasteiger partial charge in [-0.2, -0.15) is 0 Å². The zero-order valence-corrected chi connectivity index (χ0v) is 11.3. The van der Waals surface area contributed by atoms with Crippen LogP contribution in [-0.2, 0) is 6.54 Å². The molecule has 4 nitrogen and oxygen atoms in total. The molecule has 2 N–H and O–H groups in total. The van der Waals surface area contributed by atoms with E-state index in [1.807, 2.05) is 30.3 Å². The lowest BCUT2D eigenvalue weighted by atomic mass is 10.2. The first-order valence-electron chi connectivity index (χ1n) is 6.13. The van der Waals surface area contributed by atoms with Crippen LogP contribution in [0.25, 0.3) is 10.9 Å². The highest BCUT2D eigenvalue weighted by molar-refractivity contribution is 6.30. The van der Waals surface area contributed by atoms with Gasteiger partial charge in [-0.15, -0.1) is 0 Å². The van der Waals surface area contributed by atoms with Crippen LogP contribution in [-0.4, -0.2) is 9.97 Å². The van der Waals surface area contributed by atoms with Crippen molar-refractivity contribution in [2.45, 2.75) is 6.54 Å². The van der Waals surface area contributed by atoms with Crippen molar-refractivity contribution in [1.82, 2.24) is 9.97 Å². The molecule has 100 valence electrons. The Labute approximate surface area is 121 Å². The molecule has 2 aromatic heterocycles. The summed E-state index contributed by atoms with van der Waals surface area (Å²) in [7, 11) is 0. The van der Waals surface area contributed by atoms with Crippen LogP contribution in [0.15, 0.2) is 48.8 Å². The fourth-order valence-electron chi connectivity index (χ4n) is 1.96. The van der Waals surface area contributed by atoms with Crippen LogP contribution in [0.4, 0.5) is 0 Å². The lowest BCUT2D eigenvalue weighted by molar-refractivity contribution is 0.484. The molecule has 5 heteroatoms. The van der Waals surface area contributed by atoms with E-state index >= 15 is 0 Å². The molecule has 1 aromatic carbocycles. The second kappa shape index (κ2) is 5.45. The molecule has 3 aromatic rings. The summed E-state index contributed by atoms with van der Waals surface area (Å²) in [6, 6.07) is 11.3. The van der Waals surface area contributed by atoms with Crippen molar-refractivity contribution in [2.24, 2.45) is 5.73 Å². The van der Waals surface area contributed by atoms with Crippen molar-refractivity contribution in [3.63, 3.8) is 0 Å². The SMILES string of the molecule is NCc1cc(Oc2cncc(Cl)c2)c2ccccc2n1. The Morgan fingerprint density at radius 1 is 1.15 bits per heavy atom. The minimum absolute atomic E-state index is 0.356. The third-order valence-corrected chi connectivity index (χ3v) is 3.05. The molecule has 20 heavy (non-hydrogen) atoms. The van der Waals surface area contributed by atoms with E-state index in [0.717, 1.165) is 16.6 Å². The van der Waals surface area contributed by atoms with Gasteiger partial charge >= 0.3 is 0 Å². The number of fused-ring (bicyclic) bond motifs is 1. The Morgan fingerprint density at radius 3 is 2.80 bits per heavy atom. The smallest absolute Gasteiger partial charge is 0.147 e. The van der Waals surface area contributed by atoms with Crippen molar-refractivity contribution < 1.29 is 4.74 Å². The number of rotatable bonds is 3. The molecule has 0 spiro atoms. The fourth-order valence-corrected chi connectivity index (χ4v) is 2.12. The van der Waals surface area contributed by atoms with E-state index in [0.29, 0.717) is 23.1 Å². The number of benzene rings is 1. The van der Waals surface area contributed by atoms with E-state index in [1.54, 1.807) is 18.5 Å². The minimum Gasteiger partial charge on any atom is -0.455 e. The number of hydrogen-bond donors (Lipinski definition) is 1. The maximum absolute atomic E-state index is 5.91. The van der Waals surface area contributed by atoms with Gasteiger partial charge < -0.3 is 10.5 Å². The quantitative estimate of drug-likeness (QED) is 0.799. The number of aromatic nitrogens is 2. The molecule has 0 saturated heterocycles. The second-order valence-electron chi connectivity index (χ2n) is 4.27. The van der Waals surface area contributed by atoms with Gasteiger partial charge in [0.25, 0.3) is 0 Å². The molecule has 0 aliphatic rings. The van der Waals surface area contributed by atoms with Gasteiger partial charge in [-0.1, -0.05) is 23.7 Å². The summed E-state index contributed by atoms with van der Waals surface area (Å²) in [6.07, 6.45) is 3.17. The van der Waals surface area contributed by atoms with Gasteiger partial charge in [0.1, 0.15) is 11.5 Å². The monoisotopic (exact) mass is 285 g/mol. The Morgan fingerprint density at radius 2 is 2.00 bits per heavy atom. The lowest BCUT2D eigenvalue weighted by Gasteiger charge is -2.10. The van der Waals surface area contributed by atoms with Crippen LogP contribution in [0.2, 0.25) is 5.02 Å². The van der Waals surface area contributed by atoms with Crippen LogP contribution in [0.5, 0.6) is 11.5 Å². The minimum atomic E-state index is 0.356. The first-order chi connectivity index (χ1) is 9.76. The van der Waals surface area contributed by atoms with Gasteiger partial charge in [-0.05, 0) is 12.1 Å². The largest absolute Gasteiger partial charge is 0.455 e. The molecule has 0 radical (unpaired) electrons. The summed E-state index contributed by atoms with van der Waals surface area (Å²) < 4.78 is 5.87. The normalized spacial score (nSPS) is 10.7. The van der Waals surface area contributed by atoms with Gasteiger partial charge in [0.05, 0.1) is 22.4 Å². The summed E-state index contributed by atoms with van der Waals surface area (Å²) in [5, 5.41) is 1.45. The maximum Gasteiger partial charge on any atom is 0.147 e. The van der Waals surface area contributed by atoms with Crippen molar-refractivity contribution in [2.75, 3.05) is 0 Å². The third-order valence-electron chi connectivity index (χ3n) is 2.85. The number of para-hydroxylation sites is 1. The molecule has 2 heterocycles. The number of halogens is 1. The van der Waals surface area contributed by atoms with Crippen LogP contribution in [0.3, 0.4) is 0 Å². The van der Waals surface area contributed by atoms with Gasteiger partial charge in [-0.25, -0.2) is 0 Å². The summed E-state index contributed by atoms with van der Waals surface area (Å²) in [4.78, 5) is 8.47. The molecule has 0 aliphatic heterocycles. The Kier molecular flexibility index (Phi) is 3.50. The van der Waals surface area contributed by atoms with Crippen molar-refractivity contribution in [1.29, 1.82) is 0 Å². The van der Waals surface area contributed by atoms with Gasteiger partial charge in [0.15, 0.2) is 0 Å². The maximum atomic E-state index is 5.91. The molecular weight excluding hydrogens is 274 g/mol. The lowest BCUT2D eigenvalue weighted by Crippen LogP contribution is -2.00. The summed E-state index contributed by atoms with van der Waals surface area (Å²) in [5.41, 5.74) is 7.30.